The van der Waals surface area contributed by atoms with Crippen LogP contribution in [0.3, 0.4) is 0 Å². The normalized spacial score (nSPS) is 37.1. The number of carboxylic acids is 1. The fourth-order valence-electron chi connectivity index (χ4n) is 8.83. The fraction of sp³-hybridized carbons (Fsp3) is 0.844. The molecule has 204 valence electrons. The van der Waals surface area contributed by atoms with Crippen molar-refractivity contribution in [3.05, 3.63) is 22.8 Å². The summed E-state index contributed by atoms with van der Waals surface area (Å²) >= 11 is 0. The molecule has 0 aliphatic heterocycles. The van der Waals surface area contributed by atoms with Crippen LogP contribution in [0.1, 0.15) is 113 Å². The Bertz CT molecular complexity index is 951. The van der Waals surface area contributed by atoms with E-state index in [0.717, 1.165) is 12.8 Å². The van der Waals surface area contributed by atoms with Gasteiger partial charge in [-0.3, -0.25) is 4.79 Å². The minimum absolute atomic E-state index is 0.111. The van der Waals surface area contributed by atoms with Gasteiger partial charge in [0.25, 0.3) is 0 Å². The van der Waals surface area contributed by atoms with E-state index in [1.807, 2.05) is 0 Å². The van der Waals surface area contributed by atoms with E-state index in [0.29, 0.717) is 35.7 Å². The van der Waals surface area contributed by atoms with Crippen molar-refractivity contribution in [2.24, 2.45) is 34.0 Å². The van der Waals surface area contributed by atoms with Crippen LogP contribution in [-0.2, 0) is 9.22 Å². The van der Waals surface area contributed by atoms with Crippen molar-refractivity contribution >= 4 is 14.3 Å². The van der Waals surface area contributed by atoms with Gasteiger partial charge in [0.2, 0.25) is 0 Å². The van der Waals surface area contributed by atoms with E-state index < -0.39 is 14.3 Å². The topological polar surface area (TPSA) is 46.5 Å². The molecule has 0 aromatic heterocycles. The molecule has 4 heteroatoms. The number of fused-ring (bicyclic) bond motifs is 4. The molecule has 3 nitrogen and oxygen atoms in total. The fourth-order valence-corrected chi connectivity index (χ4v) is 10.3. The highest BCUT2D eigenvalue weighted by atomic mass is 28.4. The highest BCUT2D eigenvalue weighted by Crippen LogP contribution is 2.67. The molecule has 6 atom stereocenters. The number of allylic oxidation sites excluding steroid dienone is 3. The van der Waals surface area contributed by atoms with Gasteiger partial charge in [0, 0.05) is 11.8 Å². The molecule has 4 rings (SSSR count). The smallest absolute Gasteiger partial charge is 0.303 e. The van der Waals surface area contributed by atoms with E-state index in [4.69, 9.17) is 4.43 Å². The lowest BCUT2D eigenvalue weighted by molar-refractivity contribution is -0.137. The average molecular weight is 515 g/mol. The molecule has 1 N–H and O–H groups in total. The predicted molar refractivity (Wildman–Crippen MR) is 153 cm³/mol. The summed E-state index contributed by atoms with van der Waals surface area (Å²) in [6, 6.07) is 0. The zero-order chi connectivity index (χ0) is 26.9. The van der Waals surface area contributed by atoms with Crippen LogP contribution in [0.25, 0.3) is 0 Å². The van der Waals surface area contributed by atoms with Gasteiger partial charge in [-0.05, 0) is 109 Å². The van der Waals surface area contributed by atoms with E-state index in [9.17, 15) is 9.90 Å². The molecule has 4 aliphatic carbocycles. The molecule has 36 heavy (non-hydrogen) atoms. The standard InChI is InChI=1S/C32H54O3Si/c1-21(11-16-28(33)34)23-13-14-24-22-12-15-26-30(5,6)19-18-27(35-36(9,10)29(2,3)4)32(26,8)25(22)17-20-31(23,24)7/h14,21,23,26-27H,11-13,15-20H2,1-10H3,(H,33,34)/t21-,23-,26+,27?,31-,32-/m1/s1. The zero-order valence-corrected chi connectivity index (χ0v) is 26.0. The summed E-state index contributed by atoms with van der Waals surface area (Å²) < 4.78 is 7.34. The van der Waals surface area contributed by atoms with Crippen LogP contribution in [0.15, 0.2) is 22.8 Å². The van der Waals surface area contributed by atoms with Crippen molar-refractivity contribution in [3.8, 4) is 0 Å². The van der Waals surface area contributed by atoms with Gasteiger partial charge in [-0.15, -0.1) is 0 Å². The Morgan fingerprint density at radius 3 is 2.42 bits per heavy atom. The van der Waals surface area contributed by atoms with Gasteiger partial charge < -0.3 is 9.53 Å². The average Bonchev–Trinajstić information content (AvgIpc) is 3.10. The van der Waals surface area contributed by atoms with Gasteiger partial charge in [0.05, 0.1) is 6.10 Å². The van der Waals surface area contributed by atoms with Crippen LogP contribution in [-0.4, -0.2) is 25.5 Å². The van der Waals surface area contributed by atoms with Crippen LogP contribution in [0.2, 0.25) is 18.1 Å². The summed E-state index contributed by atoms with van der Waals surface area (Å²) in [5.74, 6) is 1.01. The Morgan fingerprint density at radius 1 is 1.14 bits per heavy atom. The Morgan fingerprint density at radius 2 is 1.81 bits per heavy atom. The maximum atomic E-state index is 11.3. The largest absolute Gasteiger partial charge is 0.481 e. The predicted octanol–water partition coefficient (Wildman–Crippen LogP) is 9.16. The summed E-state index contributed by atoms with van der Waals surface area (Å²) in [5, 5.41) is 9.48. The Labute approximate surface area is 222 Å². The van der Waals surface area contributed by atoms with E-state index >= 15 is 0 Å². The quantitative estimate of drug-likeness (QED) is 0.359. The first-order valence-corrected chi connectivity index (χ1v) is 17.7. The van der Waals surface area contributed by atoms with Crippen LogP contribution >= 0.6 is 0 Å². The molecule has 0 spiro atoms. The molecule has 0 aromatic carbocycles. The van der Waals surface area contributed by atoms with Crippen LogP contribution in [0, 0.1) is 34.0 Å². The Hall–Kier alpha value is -0.873. The maximum absolute atomic E-state index is 11.3. The Balaban J connectivity index is 1.71. The van der Waals surface area contributed by atoms with Crippen LogP contribution in [0.4, 0.5) is 0 Å². The molecule has 1 saturated carbocycles. The molecular weight excluding hydrogens is 460 g/mol. The highest BCUT2D eigenvalue weighted by Gasteiger charge is 2.60. The summed E-state index contributed by atoms with van der Waals surface area (Å²) in [6.07, 6.45) is 12.4. The Kier molecular flexibility index (Phi) is 7.12. The molecule has 0 heterocycles. The van der Waals surface area contributed by atoms with Gasteiger partial charge in [0.1, 0.15) is 0 Å². The summed E-state index contributed by atoms with van der Waals surface area (Å²) in [6.45, 7) is 24.4. The third-order valence-electron chi connectivity index (χ3n) is 12.1. The second-order valence-corrected chi connectivity index (χ2v) is 20.3. The van der Waals surface area contributed by atoms with Crippen molar-refractivity contribution in [3.63, 3.8) is 0 Å². The highest BCUT2D eigenvalue weighted by molar-refractivity contribution is 6.74. The first kappa shape index (κ1) is 28.1. The molecule has 1 unspecified atom stereocenters. The van der Waals surface area contributed by atoms with Crippen molar-refractivity contribution in [1.82, 2.24) is 0 Å². The lowest BCUT2D eigenvalue weighted by atomic mass is 9.46. The third-order valence-corrected chi connectivity index (χ3v) is 16.5. The number of aliphatic carboxylic acids is 1. The zero-order valence-electron chi connectivity index (χ0n) is 25.0. The first-order chi connectivity index (χ1) is 16.4. The summed E-state index contributed by atoms with van der Waals surface area (Å²) in [4.78, 5) is 11.3. The van der Waals surface area contributed by atoms with Gasteiger partial charge in [-0.1, -0.05) is 67.0 Å². The van der Waals surface area contributed by atoms with Gasteiger partial charge in [-0.2, -0.15) is 0 Å². The second kappa shape index (κ2) is 9.11. The van der Waals surface area contributed by atoms with E-state index in [2.05, 4.69) is 74.6 Å². The molecule has 0 amide bonds. The van der Waals surface area contributed by atoms with Gasteiger partial charge in [-0.25, -0.2) is 0 Å². The second-order valence-electron chi connectivity index (χ2n) is 15.5. The minimum atomic E-state index is -1.89. The SMILES string of the molecule is C[C@H](CCC(=O)O)[C@H]1CC=C2C3=C(CC[C@@]21C)[C@@]1(C)C(O[Si](C)(C)C(C)(C)C)CCC(C)(C)[C@@H]1CC3. The lowest BCUT2D eigenvalue weighted by Crippen LogP contribution is -2.58. The summed E-state index contributed by atoms with van der Waals surface area (Å²) in [7, 11) is -1.89. The number of rotatable bonds is 6. The molecule has 0 saturated heterocycles. The van der Waals surface area contributed by atoms with Gasteiger partial charge in [0.15, 0.2) is 8.32 Å². The van der Waals surface area contributed by atoms with Crippen molar-refractivity contribution in [2.75, 3.05) is 0 Å². The molecule has 0 aromatic rings. The van der Waals surface area contributed by atoms with Gasteiger partial charge >= 0.3 is 5.97 Å². The van der Waals surface area contributed by atoms with Crippen LogP contribution < -0.4 is 0 Å². The van der Waals surface area contributed by atoms with E-state index in [1.165, 1.54) is 38.5 Å². The lowest BCUT2D eigenvalue weighted by Gasteiger charge is -2.62. The third kappa shape index (κ3) is 4.40. The maximum Gasteiger partial charge on any atom is 0.303 e. The van der Waals surface area contributed by atoms with Crippen molar-refractivity contribution < 1.29 is 14.3 Å². The van der Waals surface area contributed by atoms with Crippen molar-refractivity contribution in [2.45, 2.75) is 137 Å². The molecule has 4 aliphatic rings. The number of carboxylic acid groups (broad SMARTS) is 1. The monoisotopic (exact) mass is 514 g/mol. The first-order valence-electron chi connectivity index (χ1n) is 14.8. The van der Waals surface area contributed by atoms with Crippen LogP contribution in [0.5, 0.6) is 0 Å². The number of hydrogen-bond donors (Lipinski definition) is 1. The molecular formula is C32H54O3Si. The molecule has 0 bridgehead atoms. The van der Waals surface area contributed by atoms with E-state index in [1.54, 1.807) is 16.7 Å². The number of carbonyl (C=O) groups is 1. The number of hydrogen-bond acceptors (Lipinski definition) is 2. The van der Waals surface area contributed by atoms with E-state index in [-0.39, 0.29) is 15.9 Å². The summed E-state index contributed by atoms with van der Waals surface area (Å²) in [5.41, 5.74) is 5.69. The minimum Gasteiger partial charge on any atom is -0.481 e. The van der Waals surface area contributed by atoms with Crippen molar-refractivity contribution in [1.29, 1.82) is 0 Å². The molecule has 0 radical (unpaired) electrons. The molecule has 1 fully saturated rings.